The summed E-state index contributed by atoms with van der Waals surface area (Å²) in [5.74, 6) is -0.954. The maximum absolute atomic E-state index is 12.1. The van der Waals surface area contributed by atoms with Gasteiger partial charge >= 0.3 is 5.97 Å². The molecule has 2 unspecified atom stereocenters. The minimum absolute atomic E-state index is 0.0488. The Hall–Kier alpha value is -1.10. The maximum atomic E-state index is 12.1. The molecule has 0 aliphatic heterocycles. The third kappa shape index (κ3) is 4.73. The van der Waals surface area contributed by atoms with Crippen molar-refractivity contribution in [2.45, 2.75) is 52.6 Å². The van der Waals surface area contributed by atoms with Crippen molar-refractivity contribution in [2.24, 2.45) is 11.7 Å². The van der Waals surface area contributed by atoms with Crippen molar-refractivity contribution in [1.82, 2.24) is 4.90 Å². The van der Waals surface area contributed by atoms with Crippen LogP contribution in [0.5, 0.6) is 0 Å². The highest BCUT2D eigenvalue weighted by molar-refractivity contribution is 5.82. The van der Waals surface area contributed by atoms with Crippen molar-refractivity contribution in [3.63, 3.8) is 0 Å². The molecule has 0 bridgehead atoms. The predicted molar refractivity (Wildman–Crippen MR) is 66.5 cm³/mol. The molecule has 0 aliphatic rings. The van der Waals surface area contributed by atoms with Crippen LogP contribution in [0, 0.1) is 5.92 Å². The van der Waals surface area contributed by atoms with E-state index in [2.05, 4.69) is 0 Å². The average Bonchev–Trinajstić information content (AvgIpc) is 2.26. The monoisotopic (exact) mass is 244 g/mol. The molecule has 0 heterocycles. The smallest absolute Gasteiger partial charge is 0.305 e. The Morgan fingerprint density at radius 3 is 2.18 bits per heavy atom. The molecule has 0 radical (unpaired) electrons. The van der Waals surface area contributed by atoms with Crippen LogP contribution in [0.1, 0.15) is 40.5 Å². The number of aliphatic carboxylic acids is 1. The van der Waals surface area contributed by atoms with Gasteiger partial charge in [-0.2, -0.15) is 0 Å². The molecular formula is C12H24N2O3. The van der Waals surface area contributed by atoms with Crippen molar-refractivity contribution < 1.29 is 14.7 Å². The Morgan fingerprint density at radius 2 is 1.82 bits per heavy atom. The zero-order valence-electron chi connectivity index (χ0n) is 11.1. The number of nitrogens with zero attached hydrogens (tertiary/aromatic N) is 1. The molecule has 0 aliphatic carbocycles. The van der Waals surface area contributed by atoms with Crippen LogP contribution in [0.15, 0.2) is 0 Å². The van der Waals surface area contributed by atoms with Gasteiger partial charge in [0.2, 0.25) is 5.91 Å². The Balaban J connectivity index is 4.64. The van der Waals surface area contributed by atoms with Crippen molar-refractivity contribution in [3.8, 4) is 0 Å². The van der Waals surface area contributed by atoms with Crippen molar-refractivity contribution >= 4 is 11.9 Å². The van der Waals surface area contributed by atoms with Gasteiger partial charge < -0.3 is 15.7 Å². The molecular weight excluding hydrogens is 220 g/mol. The molecule has 5 heteroatoms. The Kier molecular flexibility index (Phi) is 6.80. The van der Waals surface area contributed by atoms with E-state index in [0.29, 0.717) is 6.54 Å². The number of rotatable bonds is 7. The van der Waals surface area contributed by atoms with E-state index in [1.807, 2.05) is 20.8 Å². The van der Waals surface area contributed by atoms with Crippen LogP contribution < -0.4 is 5.73 Å². The molecule has 100 valence electrons. The molecule has 3 N–H and O–H groups in total. The predicted octanol–water partition coefficient (Wildman–Crippen LogP) is 1.07. The lowest BCUT2D eigenvalue weighted by Gasteiger charge is -2.31. The van der Waals surface area contributed by atoms with Crippen LogP contribution in [0.25, 0.3) is 0 Å². The molecule has 0 aromatic rings. The highest BCUT2D eigenvalue weighted by Gasteiger charge is 2.27. The van der Waals surface area contributed by atoms with Gasteiger partial charge in [0.05, 0.1) is 12.5 Å². The summed E-state index contributed by atoms with van der Waals surface area (Å²) in [5, 5.41) is 8.73. The lowest BCUT2D eigenvalue weighted by atomic mass is 9.98. The Morgan fingerprint density at radius 1 is 1.29 bits per heavy atom. The van der Waals surface area contributed by atoms with Gasteiger partial charge in [-0.25, -0.2) is 0 Å². The normalized spacial score (nSPS) is 16.1. The molecule has 0 aromatic heterocycles. The van der Waals surface area contributed by atoms with Crippen molar-refractivity contribution in [2.75, 3.05) is 6.54 Å². The van der Waals surface area contributed by atoms with Gasteiger partial charge in [-0.05, 0) is 19.8 Å². The number of carbonyl (C=O) groups is 2. The summed E-state index contributed by atoms with van der Waals surface area (Å²) in [6, 6.07) is -0.865. The largest absolute Gasteiger partial charge is 0.481 e. The quantitative estimate of drug-likeness (QED) is 0.701. The van der Waals surface area contributed by atoms with Gasteiger partial charge in [-0.1, -0.05) is 20.3 Å². The summed E-state index contributed by atoms with van der Waals surface area (Å²) < 4.78 is 0. The van der Waals surface area contributed by atoms with Gasteiger partial charge in [0.1, 0.15) is 0 Å². The minimum Gasteiger partial charge on any atom is -0.481 e. The molecule has 0 saturated heterocycles. The summed E-state index contributed by atoms with van der Waals surface area (Å²) in [5.41, 5.74) is 5.88. The Labute approximate surface area is 103 Å². The summed E-state index contributed by atoms with van der Waals surface area (Å²) in [7, 11) is 0. The number of hydrogen-bond donors (Lipinski definition) is 2. The zero-order chi connectivity index (χ0) is 13.6. The van der Waals surface area contributed by atoms with E-state index in [4.69, 9.17) is 10.8 Å². The highest BCUT2D eigenvalue weighted by atomic mass is 16.4. The molecule has 1 amide bonds. The van der Waals surface area contributed by atoms with Crippen LogP contribution >= 0.6 is 0 Å². The molecule has 0 fully saturated rings. The number of likely N-dealkylation sites (N-methyl/N-ethyl adjacent to an activating group) is 1. The number of carboxylic acid groups (broad SMARTS) is 1. The fraction of sp³-hybridized carbons (Fsp3) is 0.833. The zero-order valence-corrected chi connectivity index (χ0v) is 11.1. The van der Waals surface area contributed by atoms with Gasteiger partial charge in [0.25, 0.3) is 0 Å². The van der Waals surface area contributed by atoms with Gasteiger partial charge in [0.15, 0.2) is 0 Å². The second-order valence-corrected chi connectivity index (χ2v) is 4.48. The second-order valence-electron chi connectivity index (χ2n) is 4.48. The molecule has 5 nitrogen and oxygen atoms in total. The first kappa shape index (κ1) is 15.9. The first-order valence-electron chi connectivity index (χ1n) is 6.12. The summed E-state index contributed by atoms with van der Waals surface area (Å²) >= 11 is 0. The third-order valence-electron chi connectivity index (χ3n) is 3.17. The number of amides is 1. The molecule has 0 rings (SSSR count). The van der Waals surface area contributed by atoms with E-state index in [1.165, 1.54) is 0 Å². The highest BCUT2D eigenvalue weighted by Crippen LogP contribution is 2.12. The van der Waals surface area contributed by atoms with Crippen LogP contribution in [-0.2, 0) is 9.59 Å². The van der Waals surface area contributed by atoms with Gasteiger partial charge in [0, 0.05) is 12.6 Å². The fourth-order valence-electron chi connectivity index (χ4n) is 1.74. The van der Waals surface area contributed by atoms with Crippen LogP contribution in [0.3, 0.4) is 0 Å². The number of nitrogens with two attached hydrogens (primary N) is 1. The lowest BCUT2D eigenvalue weighted by molar-refractivity contribution is -0.141. The van der Waals surface area contributed by atoms with E-state index in [9.17, 15) is 9.59 Å². The van der Waals surface area contributed by atoms with E-state index in [-0.39, 0.29) is 24.3 Å². The van der Waals surface area contributed by atoms with Crippen LogP contribution in [0.4, 0.5) is 0 Å². The summed E-state index contributed by atoms with van der Waals surface area (Å²) in [4.78, 5) is 24.3. The van der Waals surface area contributed by atoms with Crippen molar-refractivity contribution in [1.29, 1.82) is 0 Å². The lowest BCUT2D eigenvalue weighted by Crippen LogP contribution is -2.50. The summed E-state index contributed by atoms with van der Waals surface area (Å²) in [6.07, 6.45) is 0.782. The first-order chi connectivity index (χ1) is 7.84. The number of hydrogen-bond acceptors (Lipinski definition) is 3. The van der Waals surface area contributed by atoms with Gasteiger partial charge in [-0.3, -0.25) is 9.59 Å². The fourth-order valence-corrected chi connectivity index (χ4v) is 1.74. The van der Waals surface area contributed by atoms with Crippen molar-refractivity contribution in [3.05, 3.63) is 0 Å². The third-order valence-corrected chi connectivity index (χ3v) is 3.17. The van der Waals surface area contributed by atoms with E-state index >= 15 is 0 Å². The minimum atomic E-state index is -0.902. The van der Waals surface area contributed by atoms with E-state index < -0.39 is 12.0 Å². The second kappa shape index (κ2) is 7.27. The molecule has 0 aromatic carbocycles. The topological polar surface area (TPSA) is 83.6 Å². The summed E-state index contributed by atoms with van der Waals surface area (Å²) in [6.45, 7) is 7.96. The maximum Gasteiger partial charge on any atom is 0.305 e. The number of carbonyl (C=O) groups excluding carboxylic acids is 1. The average molecular weight is 244 g/mol. The standard InChI is InChI=1S/C12H24N2O3/c1-5-8(3)11(13)12(17)14(6-2)9(4)7-10(15)16/h8-9,11H,5-7,13H2,1-4H3,(H,15,16)/t8?,9?,11-/m0/s1. The Bertz CT molecular complexity index is 268. The number of carboxylic acids is 1. The van der Waals surface area contributed by atoms with E-state index in [0.717, 1.165) is 6.42 Å². The molecule has 0 spiro atoms. The molecule has 17 heavy (non-hydrogen) atoms. The molecule has 0 saturated carbocycles. The first-order valence-corrected chi connectivity index (χ1v) is 6.12. The SMILES string of the molecule is CCC(C)[C@H](N)C(=O)N(CC)C(C)CC(=O)O. The van der Waals surface area contributed by atoms with Crippen LogP contribution in [0.2, 0.25) is 0 Å². The van der Waals surface area contributed by atoms with Gasteiger partial charge in [-0.15, -0.1) is 0 Å². The van der Waals surface area contributed by atoms with Crippen LogP contribution in [-0.4, -0.2) is 40.5 Å². The molecule has 3 atom stereocenters. The van der Waals surface area contributed by atoms with E-state index in [1.54, 1.807) is 11.8 Å².